The van der Waals surface area contributed by atoms with Gasteiger partial charge in [-0.3, -0.25) is 4.79 Å². The second-order valence-corrected chi connectivity index (χ2v) is 6.57. The normalized spacial score (nSPS) is 14.0. The summed E-state index contributed by atoms with van der Waals surface area (Å²) in [5.41, 5.74) is 1.35. The first kappa shape index (κ1) is 13.5. The van der Waals surface area contributed by atoms with Crippen LogP contribution in [0, 0.1) is 0 Å². The minimum absolute atomic E-state index is 0.0752. The Kier molecular flexibility index (Phi) is 3.38. The van der Waals surface area contributed by atoms with Gasteiger partial charge in [0.15, 0.2) is 0 Å². The zero-order valence-electron chi connectivity index (χ0n) is 12.0. The molecule has 1 aliphatic carbocycles. The highest BCUT2D eigenvalue weighted by atomic mass is 32.1. The largest absolute Gasteiger partial charge is 0.418 e. The van der Waals surface area contributed by atoms with Gasteiger partial charge < -0.3 is 8.98 Å². The second kappa shape index (κ2) is 5.53. The molecule has 0 saturated carbocycles. The number of aryl methyl sites for hydroxylation is 2. The fourth-order valence-corrected chi connectivity index (χ4v) is 3.93. The van der Waals surface area contributed by atoms with Crippen LogP contribution in [0.1, 0.15) is 29.2 Å². The quantitative estimate of drug-likeness (QED) is 0.746. The topological polar surface area (TPSA) is 60.9 Å². The van der Waals surface area contributed by atoms with Gasteiger partial charge >= 0.3 is 0 Å². The van der Waals surface area contributed by atoms with Crippen molar-refractivity contribution in [2.75, 3.05) is 0 Å². The van der Waals surface area contributed by atoms with E-state index in [0.29, 0.717) is 18.3 Å². The van der Waals surface area contributed by atoms with Crippen molar-refractivity contribution in [3.05, 3.63) is 57.1 Å². The Bertz CT molecular complexity index is 839. The van der Waals surface area contributed by atoms with Crippen molar-refractivity contribution in [3.63, 3.8) is 0 Å². The van der Waals surface area contributed by atoms with Crippen LogP contribution in [0.5, 0.6) is 0 Å². The Morgan fingerprint density at radius 1 is 1.23 bits per heavy atom. The molecule has 3 heterocycles. The highest BCUT2D eigenvalue weighted by molar-refractivity contribution is 7.15. The van der Waals surface area contributed by atoms with Crippen LogP contribution in [0.2, 0.25) is 0 Å². The minimum atomic E-state index is -0.0752. The third-order valence-electron chi connectivity index (χ3n) is 3.88. The zero-order valence-corrected chi connectivity index (χ0v) is 12.8. The third-order valence-corrected chi connectivity index (χ3v) is 5.10. The first-order valence-corrected chi connectivity index (χ1v) is 8.21. The van der Waals surface area contributed by atoms with Crippen molar-refractivity contribution in [1.82, 2.24) is 14.8 Å². The molecule has 0 radical (unpaired) electrons. The van der Waals surface area contributed by atoms with Gasteiger partial charge in [-0.1, -0.05) is 6.07 Å². The average Bonchev–Trinajstić information content (AvgIpc) is 3.15. The van der Waals surface area contributed by atoms with Crippen LogP contribution in [0.25, 0.3) is 10.8 Å². The van der Waals surface area contributed by atoms with Gasteiger partial charge in [-0.25, -0.2) is 0 Å². The van der Waals surface area contributed by atoms with Gasteiger partial charge in [-0.15, -0.1) is 21.5 Å². The van der Waals surface area contributed by atoms with Crippen LogP contribution >= 0.6 is 11.3 Å². The Labute approximate surface area is 131 Å². The van der Waals surface area contributed by atoms with Gasteiger partial charge in [0.25, 0.3) is 11.4 Å². The molecule has 22 heavy (non-hydrogen) atoms. The number of rotatable bonds is 3. The Balaban J connectivity index is 1.60. The van der Waals surface area contributed by atoms with E-state index in [-0.39, 0.29) is 5.56 Å². The van der Waals surface area contributed by atoms with Crippen molar-refractivity contribution >= 4 is 11.3 Å². The lowest BCUT2D eigenvalue weighted by Crippen LogP contribution is -2.18. The summed E-state index contributed by atoms with van der Waals surface area (Å²) in [7, 11) is 0. The number of aromatic nitrogens is 3. The summed E-state index contributed by atoms with van der Waals surface area (Å²) in [5, 5.41) is 8.20. The van der Waals surface area contributed by atoms with Gasteiger partial charge in [0, 0.05) is 17.1 Å². The van der Waals surface area contributed by atoms with Gasteiger partial charge in [0.05, 0.1) is 4.88 Å². The Morgan fingerprint density at radius 2 is 2.14 bits per heavy atom. The molecule has 3 aromatic heterocycles. The molecule has 112 valence electrons. The van der Waals surface area contributed by atoms with E-state index in [4.69, 9.17) is 4.42 Å². The van der Waals surface area contributed by atoms with Gasteiger partial charge in [-0.2, -0.15) is 0 Å². The highest BCUT2D eigenvalue weighted by Gasteiger charge is 2.17. The van der Waals surface area contributed by atoms with Crippen LogP contribution in [0.15, 0.2) is 39.7 Å². The number of thiophene rings is 1. The first-order valence-electron chi connectivity index (χ1n) is 7.39. The lowest BCUT2D eigenvalue weighted by atomic mass is 9.99. The van der Waals surface area contributed by atoms with Crippen molar-refractivity contribution < 1.29 is 4.42 Å². The first-order chi connectivity index (χ1) is 10.8. The number of hydrogen-bond acceptors (Lipinski definition) is 5. The SMILES string of the molecule is O=c1ccccn1Cc1nnc(-c2cc3c(s2)CCCC3)o1. The van der Waals surface area contributed by atoms with E-state index in [1.165, 1.54) is 29.3 Å². The monoisotopic (exact) mass is 313 g/mol. The van der Waals surface area contributed by atoms with Crippen LogP contribution in [0.4, 0.5) is 0 Å². The van der Waals surface area contributed by atoms with Crippen molar-refractivity contribution in [2.45, 2.75) is 32.2 Å². The van der Waals surface area contributed by atoms with E-state index >= 15 is 0 Å². The van der Waals surface area contributed by atoms with E-state index < -0.39 is 0 Å². The average molecular weight is 313 g/mol. The third kappa shape index (κ3) is 2.50. The Morgan fingerprint density at radius 3 is 3.00 bits per heavy atom. The van der Waals surface area contributed by atoms with Crippen LogP contribution in [-0.2, 0) is 19.4 Å². The maximum atomic E-state index is 11.7. The summed E-state index contributed by atoms with van der Waals surface area (Å²) in [6, 6.07) is 7.22. The molecule has 6 heteroatoms. The van der Waals surface area contributed by atoms with Crippen molar-refractivity contribution in [3.8, 4) is 10.8 Å². The maximum Gasteiger partial charge on any atom is 0.257 e. The molecule has 3 aromatic rings. The van der Waals surface area contributed by atoms with Crippen LogP contribution in [0.3, 0.4) is 0 Å². The number of pyridine rings is 1. The summed E-state index contributed by atoms with van der Waals surface area (Å²) >= 11 is 1.75. The number of nitrogens with zero attached hydrogens (tertiary/aromatic N) is 3. The van der Waals surface area contributed by atoms with Gasteiger partial charge in [0.2, 0.25) is 5.89 Å². The minimum Gasteiger partial charge on any atom is -0.418 e. The molecule has 0 spiro atoms. The smallest absolute Gasteiger partial charge is 0.257 e. The summed E-state index contributed by atoms with van der Waals surface area (Å²) in [6.07, 6.45) is 6.54. The molecule has 0 atom stereocenters. The maximum absolute atomic E-state index is 11.7. The molecule has 0 fully saturated rings. The molecule has 0 saturated heterocycles. The predicted molar refractivity (Wildman–Crippen MR) is 84.1 cm³/mol. The number of fused-ring (bicyclic) bond motifs is 1. The molecule has 5 nitrogen and oxygen atoms in total. The summed E-state index contributed by atoms with van der Waals surface area (Å²) < 4.78 is 7.29. The molecule has 1 aliphatic rings. The highest BCUT2D eigenvalue weighted by Crippen LogP contribution is 2.35. The van der Waals surface area contributed by atoms with E-state index in [0.717, 1.165) is 17.7 Å². The number of hydrogen-bond donors (Lipinski definition) is 0. The predicted octanol–water partition coefficient (Wildman–Crippen LogP) is 2.89. The molecule has 0 unspecified atom stereocenters. The van der Waals surface area contributed by atoms with E-state index in [2.05, 4.69) is 16.3 Å². The molecule has 0 aliphatic heterocycles. The fraction of sp³-hybridized carbons (Fsp3) is 0.312. The summed E-state index contributed by atoms with van der Waals surface area (Å²) in [4.78, 5) is 14.2. The van der Waals surface area contributed by atoms with Gasteiger partial charge in [-0.05, 0) is 43.4 Å². The van der Waals surface area contributed by atoms with E-state index in [1.807, 2.05) is 6.07 Å². The standard InChI is InChI=1S/C16H15N3O2S/c20-15-7-3-4-8-19(15)10-14-17-18-16(21-14)13-9-11-5-1-2-6-12(11)22-13/h3-4,7-9H,1-2,5-6,10H2. The lowest BCUT2D eigenvalue weighted by molar-refractivity contribution is 0.485. The molecule has 0 amide bonds. The van der Waals surface area contributed by atoms with E-state index in [9.17, 15) is 4.79 Å². The summed E-state index contributed by atoms with van der Waals surface area (Å²) in [5.74, 6) is 1.01. The Hall–Kier alpha value is -2.21. The summed E-state index contributed by atoms with van der Waals surface area (Å²) in [6.45, 7) is 0.303. The molecular weight excluding hydrogens is 298 g/mol. The molecular formula is C16H15N3O2S. The zero-order chi connectivity index (χ0) is 14.9. The lowest BCUT2D eigenvalue weighted by Gasteiger charge is -2.08. The second-order valence-electron chi connectivity index (χ2n) is 5.43. The van der Waals surface area contributed by atoms with Crippen molar-refractivity contribution in [1.29, 1.82) is 0 Å². The fourth-order valence-electron chi connectivity index (χ4n) is 2.75. The van der Waals surface area contributed by atoms with E-state index in [1.54, 1.807) is 28.2 Å². The molecule has 0 N–H and O–H groups in total. The van der Waals surface area contributed by atoms with Crippen molar-refractivity contribution in [2.24, 2.45) is 0 Å². The molecule has 4 rings (SSSR count). The van der Waals surface area contributed by atoms with Crippen LogP contribution < -0.4 is 5.56 Å². The van der Waals surface area contributed by atoms with Gasteiger partial charge in [0.1, 0.15) is 6.54 Å². The van der Waals surface area contributed by atoms with Crippen LogP contribution in [-0.4, -0.2) is 14.8 Å². The molecule has 0 bridgehead atoms. The molecule has 0 aromatic carbocycles.